The Morgan fingerprint density at radius 1 is 1.38 bits per heavy atom. The molecule has 0 saturated carbocycles. The van der Waals surface area contributed by atoms with Crippen LogP contribution in [0.15, 0.2) is 5.38 Å². The molecule has 1 rings (SSSR count). The topological polar surface area (TPSA) is 34.1 Å². The second-order valence-electron chi connectivity index (χ2n) is 4.91. The molecule has 0 aliphatic rings. The van der Waals surface area contributed by atoms with Gasteiger partial charge in [0.05, 0.1) is 11.2 Å². The first kappa shape index (κ1) is 13.6. The van der Waals surface area contributed by atoms with Gasteiger partial charge in [-0.1, -0.05) is 6.92 Å². The van der Waals surface area contributed by atoms with E-state index in [4.69, 9.17) is 4.74 Å². The largest absolute Gasteiger partial charge is 0.372 e. The summed E-state index contributed by atoms with van der Waals surface area (Å²) in [6.45, 7) is 11.4. The molecule has 0 unspecified atom stereocenters. The third-order valence-electron chi connectivity index (χ3n) is 2.79. The molecule has 0 aliphatic heterocycles. The summed E-state index contributed by atoms with van der Waals surface area (Å²) in [6.07, 6.45) is 0. The van der Waals surface area contributed by atoms with Gasteiger partial charge in [0, 0.05) is 12.5 Å². The molecule has 0 fully saturated rings. The van der Waals surface area contributed by atoms with Crippen molar-refractivity contribution in [1.29, 1.82) is 0 Å². The summed E-state index contributed by atoms with van der Waals surface area (Å²) < 4.78 is 5.44. The molecular weight excluding hydrogens is 220 g/mol. The van der Waals surface area contributed by atoms with Crippen molar-refractivity contribution in [2.24, 2.45) is 0 Å². The van der Waals surface area contributed by atoms with E-state index in [1.54, 1.807) is 18.4 Å². The van der Waals surface area contributed by atoms with Gasteiger partial charge in [0.2, 0.25) is 0 Å². The number of rotatable bonds is 5. The van der Waals surface area contributed by atoms with E-state index in [1.807, 2.05) is 13.8 Å². The van der Waals surface area contributed by atoms with Gasteiger partial charge in [0.1, 0.15) is 10.6 Å². The Morgan fingerprint density at radius 2 is 2.00 bits per heavy atom. The molecule has 1 aromatic rings. The van der Waals surface area contributed by atoms with Crippen molar-refractivity contribution in [2.45, 2.75) is 45.8 Å². The lowest BCUT2D eigenvalue weighted by atomic mass is 10.0. The number of ether oxygens (including phenoxy) is 1. The Hall–Kier alpha value is -0.450. The van der Waals surface area contributed by atoms with E-state index in [2.05, 4.69) is 36.5 Å². The summed E-state index contributed by atoms with van der Waals surface area (Å²) in [5.74, 6) is 0. The Balaban J connectivity index is 2.95. The molecule has 16 heavy (non-hydrogen) atoms. The molecule has 0 saturated heterocycles. The standard InChI is InChI=1S/C12H22N2OS/c1-7-13-11(2,3)9-8-16-10(14-9)12(4,5)15-6/h8,13H,7H2,1-6H3. The van der Waals surface area contributed by atoms with E-state index >= 15 is 0 Å². The summed E-state index contributed by atoms with van der Waals surface area (Å²) in [5.41, 5.74) is 0.706. The minimum Gasteiger partial charge on any atom is -0.372 e. The predicted octanol–water partition coefficient (Wildman–Crippen LogP) is 2.87. The number of thiazole rings is 1. The fraction of sp³-hybridized carbons (Fsp3) is 0.750. The van der Waals surface area contributed by atoms with Gasteiger partial charge >= 0.3 is 0 Å². The first-order valence-electron chi connectivity index (χ1n) is 5.60. The molecule has 1 aromatic heterocycles. The molecule has 0 aromatic carbocycles. The lowest BCUT2D eigenvalue weighted by molar-refractivity contribution is 0.0188. The van der Waals surface area contributed by atoms with Gasteiger partial charge in [0.25, 0.3) is 0 Å². The van der Waals surface area contributed by atoms with Crippen molar-refractivity contribution in [3.8, 4) is 0 Å². The molecule has 3 nitrogen and oxygen atoms in total. The molecule has 1 N–H and O–H groups in total. The highest BCUT2D eigenvalue weighted by atomic mass is 32.1. The first-order chi connectivity index (χ1) is 7.33. The Morgan fingerprint density at radius 3 is 2.50 bits per heavy atom. The van der Waals surface area contributed by atoms with Gasteiger partial charge in [0.15, 0.2) is 0 Å². The van der Waals surface area contributed by atoms with Crippen LogP contribution in [0.2, 0.25) is 0 Å². The van der Waals surface area contributed by atoms with Gasteiger partial charge in [-0.15, -0.1) is 11.3 Å². The van der Waals surface area contributed by atoms with Crippen molar-refractivity contribution in [1.82, 2.24) is 10.3 Å². The normalized spacial score (nSPS) is 13.1. The molecule has 0 bridgehead atoms. The van der Waals surface area contributed by atoms with Crippen LogP contribution >= 0.6 is 11.3 Å². The number of hydrogen-bond acceptors (Lipinski definition) is 4. The van der Waals surface area contributed by atoms with Crippen LogP contribution in [0.3, 0.4) is 0 Å². The maximum atomic E-state index is 5.44. The maximum Gasteiger partial charge on any atom is 0.124 e. The molecule has 0 atom stereocenters. The van der Waals surface area contributed by atoms with Crippen molar-refractivity contribution in [3.05, 3.63) is 16.1 Å². The number of hydrogen-bond donors (Lipinski definition) is 1. The molecule has 92 valence electrons. The summed E-state index contributed by atoms with van der Waals surface area (Å²) >= 11 is 1.66. The van der Waals surface area contributed by atoms with E-state index in [9.17, 15) is 0 Å². The van der Waals surface area contributed by atoms with E-state index in [-0.39, 0.29) is 11.1 Å². The van der Waals surface area contributed by atoms with Crippen LogP contribution in [0.4, 0.5) is 0 Å². The Bertz CT molecular complexity index is 345. The highest BCUT2D eigenvalue weighted by Gasteiger charge is 2.28. The van der Waals surface area contributed by atoms with Crippen molar-refractivity contribution in [3.63, 3.8) is 0 Å². The zero-order valence-corrected chi connectivity index (χ0v) is 11.9. The number of nitrogens with one attached hydrogen (secondary N) is 1. The van der Waals surface area contributed by atoms with E-state index in [0.29, 0.717) is 0 Å². The zero-order valence-electron chi connectivity index (χ0n) is 11.0. The minimum atomic E-state index is -0.300. The van der Waals surface area contributed by atoms with E-state index < -0.39 is 0 Å². The fourth-order valence-electron chi connectivity index (χ4n) is 1.46. The zero-order chi connectivity index (χ0) is 12.4. The molecule has 0 amide bonds. The molecule has 0 aliphatic carbocycles. The van der Waals surface area contributed by atoms with Crippen LogP contribution in [0, 0.1) is 0 Å². The van der Waals surface area contributed by atoms with Gasteiger partial charge in [-0.25, -0.2) is 4.98 Å². The van der Waals surface area contributed by atoms with Crippen LogP contribution in [0.1, 0.15) is 45.3 Å². The number of nitrogens with zero attached hydrogens (tertiary/aromatic N) is 1. The summed E-state index contributed by atoms with van der Waals surface area (Å²) in [4.78, 5) is 4.67. The average Bonchev–Trinajstić information content (AvgIpc) is 2.67. The quantitative estimate of drug-likeness (QED) is 0.862. The maximum absolute atomic E-state index is 5.44. The second kappa shape index (κ2) is 4.82. The first-order valence-corrected chi connectivity index (χ1v) is 6.48. The summed E-state index contributed by atoms with van der Waals surface area (Å²) in [5, 5.41) is 6.56. The minimum absolute atomic E-state index is 0.0761. The van der Waals surface area contributed by atoms with E-state index in [0.717, 1.165) is 17.2 Å². The Kier molecular flexibility index (Phi) is 4.10. The summed E-state index contributed by atoms with van der Waals surface area (Å²) in [7, 11) is 1.72. The van der Waals surface area contributed by atoms with Crippen LogP contribution in [0.25, 0.3) is 0 Å². The Labute approximate surface area is 102 Å². The van der Waals surface area contributed by atoms with Crippen LogP contribution in [0.5, 0.6) is 0 Å². The smallest absolute Gasteiger partial charge is 0.124 e. The van der Waals surface area contributed by atoms with Crippen molar-refractivity contribution >= 4 is 11.3 Å². The average molecular weight is 242 g/mol. The van der Waals surface area contributed by atoms with Gasteiger partial charge in [-0.2, -0.15) is 0 Å². The lowest BCUT2D eigenvalue weighted by Crippen LogP contribution is -2.36. The van der Waals surface area contributed by atoms with Gasteiger partial charge in [-0.3, -0.25) is 0 Å². The van der Waals surface area contributed by atoms with Crippen LogP contribution in [-0.4, -0.2) is 18.6 Å². The third kappa shape index (κ3) is 2.81. The van der Waals surface area contributed by atoms with Crippen LogP contribution in [-0.2, 0) is 15.9 Å². The molecule has 1 heterocycles. The molecule has 0 radical (unpaired) electrons. The van der Waals surface area contributed by atoms with Gasteiger partial charge in [-0.05, 0) is 34.2 Å². The monoisotopic (exact) mass is 242 g/mol. The number of methoxy groups -OCH3 is 1. The predicted molar refractivity (Wildman–Crippen MR) is 68.9 cm³/mol. The highest BCUT2D eigenvalue weighted by Crippen LogP contribution is 2.30. The summed E-state index contributed by atoms with van der Waals surface area (Å²) in [6, 6.07) is 0. The van der Waals surface area contributed by atoms with Crippen molar-refractivity contribution in [2.75, 3.05) is 13.7 Å². The SMILES string of the molecule is CCNC(C)(C)c1csc(C(C)(C)OC)n1. The van der Waals surface area contributed by atoms with E-state index in [1.165, 1.54) is 0 Å². The number of aromatic nitrogens is 1. The fourth-order valence-corrected chi connectivity index (χ4v) is 2.55. The van der Waals surface area contributed by atoms with Gasteiger partial charge < -0.3 is 10.1 Å². The second-order valence-corrected chi connectivity index (χ2v) is 5.77. The lowest BCUT2D eigenvalue weighted by Gasteiger charge is -2.24. The highest BCUT2D eigenvalue weighted by molar-refractivity contribution is 7.09. The van der Waals surface area contributed by atoms with Crippen LogP contribution < -0.4 is 5.32 Å². The third-order valence-corrected chi connectivity index (χ3v) is 3.94. The molecule has 4 heteroatoms. The van der Waals surface area contributed by atoms with Crippen molar-refractivity contribution < 1.29 is 4.74 Å². The molecule has 0 spiro atoms. The molecular formula is C12H22N2OS.